The average molecular weight is 298 g/mol. The van der Waals surface area contributed by atoms with E-state index in [2.05, 4.69) is 19.6 Å². The number of carbonyl (C=O) groups is 1. The molecule has 1 aliphatic heterocycles. The van der Waals surface area contributed by atoms with Crippen LogP contribution in [0.3, 0.4) is 0 Å². The molecule has 2 atom stereocenters. The Hall–Kier alpha value is -2.49. The van der Waals surface area contributed by atoms with E-state index in [4.69, 9.17) is 9.84 Å². The topological polar surface area (TPSA) is 66.8 Å². The van der Waals surface area contributed by atoms with Crippen molar-refractivity contribution in [3.8, 4) is 11.5 Å². The molecule has 0 bridgehead atoms. The fourth-order valence-corrected chi connectivity index (χ4v) is 3.25. The smallest absolute Gasteiger partial charge is 0.328 e. The molecule has 2 N–H and O–H groups in total. The van der Waals surface area contributed by atoms with Crippen LogP contribution in [0, 0.1) is 5.92 Å². The molecule has 4 nitrogen and oxygen atoms in total. The van der Waals surface area contributed by atoms with Crippen LogP contribution < -0.4 is 4.74 Å². The number of phenolic OH excluding ortho intramolecular Hbond substituents is 1. The zero-order chi connectivity index (χ0) is 15.9. The first-order chi connectivity index (χ1) is 10.5. The van der Waals surface area contributed by atoms with Gasteiger partial charge in [-0.3, -0.25) is 0 Å². The first kappa shape index (κ1) is 14.4. The molecule has 1 aliphatic carbocycles. The third-order valence-corrected chi connectivity index (χ3v) is 4.30. The highest BCUT2D eigenvalue weighted by Crippen LogP contribution is 2.51. The third kappa shape index (κ3) is 2.52. The van der Waals surface area contributed by atoms with Crippen LogP contribution in [0.1, 0.15) is 36.8 Å². The number of allylic oxidation sites excluding steroid dienone is 3. The maximum absolute atomic E-state index is 10.6. The molecule has 114 valence electrons. The van der Waals surface area contributed by atoms with Gasteiger partial charge in [0.15, 0.2) is 0 Å². The summed E-state index contributed by atoms with van der Waals surface area (Å²) in [5.74, 6) is 0.622. The molecule has 0 radical (unpaired) electrons. The van der Waals surface area contributed by atoms with E-state index in [9.17, 15) is 9.90 Å². The predicted octanol–water partition coefficient (Wildman–Crippen LogP) is 3.84. The van der Waals surface area contributed by atoms with Crippen LogP contribution in [0.2, 0.25) is 0 Å². The van der Waals surface area contributed by atoms with E-state index in [1.165, 1.54) is 11.6 Å². The summed E-state index contributed by atoms with van der Waals surface area (Å²) in [5, 5.41) is 19.1. The van der Waals surface area contributed by atoms with E-state index in [1.54, 1.807) is 12.1 Å². The highest BCUT2D eigenvalue weighted by Gasteiger charge is 2.36. The lowest BCUT2D eigenvalue weighted by Gasteiger charge is -2.36. The molecule has 3 rings (SSSR count). The highest BCUT2D eigenvalue weighted by molar-refractivity contribution is 5.85. The van der Waals surface area contributed by atoms with Gasteiger partial charge in [-0.25, -0.2) is 4.79 Å². The van der Waals surface area contributed by atoms with Crippen molar-refractivity contribution in [1.29, 1.82) is 0 Å². The van der Waals surface area contributed by atoms with Gasteiger partial charge in [0.2, 0.25) is 0 Å². The first-order valence-electron chi connectivity index (χ1n) is 7.27. The van der Waals surface area contributed by atoms with E-state index < -0.39 is 5.97 Å². The van der Waals surface area contributed by atoms with Gasteiger partial charge in [0.1, 0.15) is 17.3 Å². The maximum atomic E-state index is 10.6. The summed E-state index contributed by atoms with van der Waals surface area (Å²) in [7, 11) is 0. The summed E-state index contributed by atoms with van der Waals surface area (Å²) >= 11 is 0. The number of carboxylic acid groups (broad SMARTS) is 1. The maximum Gasteiger partial charge on any atom is 0.328 e. The lowest BCUT2D eigenvalue weighted by atomic mass is 9.74. The highest BCUT2D eigenvalue weighted by atomic mass is 16.5. The average Bonchev–Trinajstić information content (AvgIpc) is 2.44. The molecule has 22 heavy (non-hydrogen) atoms. The summed E-state index contributed by atoms with van der Waals surface area (Å²) < 4.78 is 5.80. The van der Waals surface area contributed by atoms with Crippen LogP contribution in [0.4, 0.5) is 0 Å². The van der Waals surface area contributed by atoms with Gasteiger partial charge in [0.05, 0.1) is 0 Å². The molecule has 0 saturated carbocycles. The van der Waals surface area contributed by atoms with Crippen molar-refractivity contribution in [3.05, 3.63) is 53.3 Å². The van der Waals surface area contributed by atoms with Gasteiger partial charge in [-0.1, -0.05) is 18.2 Å². The van der Waals surface area contributed by atoms with Crippen molar-refractivity contribution in [3.63, 3.8) is 0 Å². The van der Waals surface area contributed by atoms with E-state index in [-0.39, 0.29) is 17.6 Å². The number of aliphatic carboxylic acids is 1. The normalized spacial score (nSPS) is 23.5. The van der Waals surface area contributed by atoms with Gasteiger partial charge in [0.25, 0.3) is 0 Å². The van der Waals surface area contributed by atoms with Crippen molar-refractivity contribution in [1.82, 2.24) is 0 Å². The first-order valence-corrected chi connectivity index (χ1v) is 7.27. The Bertz CT molecular complexity index is 712. The number of benzene rings is 1. The summed E-state index contributed by atoms with van der Waals surface area (Å²) in [6, 6.07) is 3.32. The molecular formula is C18H18O4. The summed E-state index contributed by atoms with van der Waals surface area (Å²) in [4.78, 5) is 10.6. The Morgan fingerprint density at radius 1 is 1.45 bits per heavy atom. The molecule has 2 aliphatic rings. The number of carboxylic acids is 1. The SMILES string of the molecule is C=C1Oc2cc(/C=C\C(=O)O)cc(O)c2C2C=C(C)CC[C@@H]12. The summed E-state index contributed by atoms with van der Waals surface area (Å²) in [6.45, 7) is 6.10. The van der Waals surface area contributed by atoms with Gasteiger partial charge < -0.3 is 14.9 Å². The molecule has 0 fully saturated rings. The fourth-order valence-electron chi connectivity index (χ4n) is 3.25. The molecule has 1 heterocycles. The van der Waals surface area contributed by atoms with E-state index in [1.807, 2.05) is 0 Å². The molecule has 1 aromatic carbocycles. The number of rotatable bonds is 2. The quantitative estimate of drug-likeness (QED) is 0.643. The lowest BCUT2D eigenvalue weighted by molar-refractivity contribution is -0.131. The molecule has 0 spiro atoms. The number of hydrogen-bond donors (Lipinski definition) is 2. The zero-order valence-corrected chi connectivity index (χ0v) is 12.4. The van der Waals surface area contributed by atoms with Crippen molar-refractivity contribution in [2.75, 3.05) is 0 Å². The van der Waals surface area contributed by atoms with Gasteiger partial charge in [-0.05, 0) is 43.5 Å². The van der Waals surface area contributed by atoms with Gasteiger partial charge >= 0.3 is 5.97 Å². The zero-order valence-electron chi connectivity index (χ0n) is 12.4. The van der Waals surface area contributed by atoms with Crippen LogP contribution in [-0.2, 0) is 4.79 Å². The molecule has 0 aromatic heterocycles. The van der Waals surface area contributed by atoms with Gasteiger partial charge in [0, 0.05) is 23.5 Å². The Kier molecular flexibility index (Phi) is 3.53. The molecule has 0 saturated heterocycles. The number of fused-ring (bicyclic) bond motifs is 3. The Labute approximate surface area is 129 Å². The van der Waals surface area contributed by atoms with E-state index >= 15 is 0 Å². The molecule has 1 unspecified atom stereocenters. The van der Waals surface area contributed by atoms with Gasteiger partial charge in [-0.2, -0.15) is 0 Å². The van der Waals surface area contributed by atoms with Crippen LogP contribution in [0.5, 0.6) is 11.5 Å². The van der Waals surface area contributed by atoms with Crippen LogP contribution in [0.25, 0.3) is 6.08 Å². The number of phenols is 1. The van der Waals surface area contributed by atoms with Crippen molar-refractivity contribution < 1.29 is 19.7 Å². The number of hydrogen-bond acceptors (Lipinski definition) is 3. The minimum Gasteiger partial charge on any atom is -0.507 e. The predicted molar refractivity (Wildman–Crippen MR) is 83.8 cm³/mol. The lowest BCUT2D eigenvalue weighted by Crippen LogP contribution is -2.25. The number of aromatic hydroxyl groups is 1. The Morgan fingerprint density at radius 3 is 2.95 bits per heavy atom. The van der Waals surface area contributed by atoms with Crippen LogP contribution in [-0.4, -0.2) is 16.2 Å². The van der Waals surface area contributed by atoms with Crippen molar-refractivity contribution in [2.24, 2.45) is 5.92 Å². The Morgan fingerprint density at radius 2 is 2.23 bits per heavy atom. The second-order valence-corrected chi connectivity index (χ2v) is 5.88. The van der Waals surface area contributed by atoms with Gasteiger partial charge in [-0.15, -0.1) is 0 Å². The monoisotopic (exact) mass is 298 g/mol. The van der Waals surface area contributed by atoms with Crippen LogP contribution in [0.15, 0.2) is 42.2 Å². The summed E-state index contributed by atoms with van der Waals surface area (Å²) in [6.07, 6.45) is 6.62. The summed E-state index contributed by atoms with van der Waals surface area (Å²) in [5.41, 5.74) is 2.65. The molecular weight excluding hydrogens is 280 g/mol. The van der Waals surface area contributed by atoms with E-state index in [0.29, 0.717) is 17.1 Å². The molecule has 4 heteroatoms. The van der Waals surface area contributed by atoms with Crippen LogP contribution >= 0.6 is 0 Å². The van der Waals surface area contributed by atoms with E-state index in [0.717, 1.165) is 24.5 Å². The van der Waals surface area contributed by atoms with Crippen molar-refractivity contribution >= 4 is 12.0 Å². The number of ether oxygens (including phenoxy) is 1. The Balaban J connectivity index is 2.08. The largest absolute Gasteiger partial charge is 0.507 e. The van der Waals surface area contributed by atoms with Crippen molar-refractivity contribution in [2.45, 2.75) is 25.7 Å². The standard InChI is InChI=1S/C18H18O4/c1-10-3-5-13-11(2)22-16-9-12(4-6-17(20)21)8-15(19)18(16)14(13)7-10/h4,6-9,13-14,19H,2-3,5H2,1H3,(H,20,21)/b6-4-/t13-,14?/m0/s1. The second-order valence-electron chi connectivity index (χ2n) is 5.88. The molecule has 1 aromatic rings. The minimum absolute atomic E-state index is 0.0718. The third-order valence-electron chi connectivity index (χ3n) is 4.30. The fraction of sp³-hybridized carbons (Fsp3) is 0.278. The second kappa shape index (κ2) is 5.37. The minimum atomic E-state index is -1.03. The molecule has 0 amide bonds.